The highest BCUT2D eigenvalue weighted by atomic mass is 79.9. The van der Waals surface area contributed by atoms with Gasteiger partial charge >= 0.3 is 0 Å². The summed E-state index contributed by atoms with van der Waals surface area (Å²) < 4.78 is 0.904. The molecule has 0 saturated carbocycles. The fourth-order valence-electron chi connectivity index (χ4n) is 2.14. The first-order valence-electron chi connectivity index (χ1n) is 8.83. The van der Waals surface area contributed by atoms with E-state index < -0.39 is 0 Å². The molecule has 2 amide bonds. The molecule has 0 aliphatic heterocycles. The minimum absolute atomic E-state index is 0.144. The summed E-state index contributed by atoms with van der Waals surface area (Å²) in [5, 5.41) is 5.70. The highest BCUT2D eigenvalue weighted by molar-refractivity contribution is 9.10. The molecule has 0 fully saturated rings. The van der Waals surface area contributed by atoms with Crippen molar-refractivity contribution in [3.8, 4) is 0 Å². The molecule has 4 nitrogen and oxygen atoms in total. The lowest BCUT2D eigenvalue weighted by molar-refractivity contribution is -0.123. The zero-order chi connectivity index (χ0) is 18.8. The van der Waals surface area contributed by atoms with Crippen LogP contribution in [0.3, 0.4) is 0 Å². The Labute approximate surface area is 159 Å². The fraction of sp³-hybridized carbons (Fsp3) is 0.500. The Morgan fingerprint density at radius 2 is 1.52 bits per heavy atom. The molecule has 25 heavy (non-hydrogen) atoms. The van der Waals surface area contributed by atoms with Crippen molar-refractivity contribution in [1.82, 2.24) is 10.6 Å². The topological polar surface area (TPSA) is 58.2 Å². The molecule has 0 aliphatic carbocycles. The molecule has 0 spiro atoms. The predicted molar refractivity (Wildman–Crippen MR) is 107 cm³/mol. The number of rotatable bonds is 9. The minimum atomic E-state index is -0.331. The van der Waals surface area contributed by atoms with Crippen molar-refractivity contribution in [3.63, 3.8) is 0 Å². The largest absolute Gasteiger partial charge is 0.352 e. The zero-order valence-electron chi connectivity index (χ0n) is 15.6. The van der Waals surface area contributed by atoms with Crippen LogP contribution in [0.2, 0.25) is 0 Å². The highest BCUT2D eigenvalue weighted by Gasteiger charge is 2.18. The molecule has 0 unspecified atom stereocenters. The summed E-state index contributed by atoms with van der Waals surface area (Å²) in [6.07, 6.45) is 3.40. The van der Waals surface area contributed by atoms with Crippen molar-refractivity contribution >= 4 is 33.8 Å². The fourth-order valence-corrected chi connectivity index (χ4v) is 2.55. The van der Waals surface area contributed by atoms with E-state index >= 15 is 0 Å². The second-order valence-corrected chi connectivity index (χ2v) is 7.91. The third-order valence-corrected chi connectivity index (χ3v) is 4.16. The van der Waals surface area contributed by atoms with Gasteiger partial charge in [-0.25, -0.2) is 0 Å². The molecule has 0 aliphatic rings. The van der Waals surface area contributed by atoms with E-state index in [1.54, 1.807) is 6.08 Å². The van der Waals surface area contributed by atoms with Gasteiger partial charge in [0.05, 0.1) is 0 Å². The normalized spacial score (nSPS) is 10.7. The van der Waals surface area contributed by atoms with Crippen LogP contribution in [0.25, 0.3) is 6.08 Å². The third kappa shape index (κ3) is 8.87. The van der Waals surface area contributed by atoms with Gasteiger partial charge < -0.3 is 10.6 Å². The lowest BCUT2D eigenvalue weighted by atomic mass is 10.1. The van der Waals surface area contributed by atoms with Gasteiger partial charge in [-0.2, -0.15) is 0 Å². The van der Waals surface area contributed by atoms with Gasteiger partial charge in [-0.3, -0.25) is 9.59 Å². The van der Waals surface area contributed by atoms with Crippen LogP contribution in [-0.2, 0) is 9.59 Å². The van der Waals surface area contributed by atoms with Crippen molar-refractivity contribution in [2.45, 2.75) is 40.5 Å². The number of nitrogens with one attached hydrogen (secondary N) is 2. The first-order valence-corrected chi connectivity index (χ1v) is 9.62. The molecule has 1 aromatic rings. The molecular formula is C20H29BrN2O2. The molecule has 0 heterocycles. The SMILES string of the molecule is CC(C)CCNC(=O)C(=Cc1cccc(Br)c1)C(=O)NCCC(C)C. The summed E-state index contributed by atoms with van der Waals surface area (Å²) in [5.74, 6) is 0.334. The van der Waals surface area contributed by atoms with Gasteiger partial charge in [-0.05, 0) is 48.4 Å². The summed E-state index contributed by atoms with van der Waals surface area (Å²) >= 11 is 3.41. The van der Waals surface area contributed by atoms with Crippen LogP contribution in [0.5, 0.6) is 0 Å². The van der Waals surface area contributed by atoms with E-state index in [0.717, 1.165) is 22.9 Å². The number of halogens is 1. The molecule has 138 valence electrons. The first kappa shape index (κ1) is 21.4. The van der Waals surface area contributed by atoms with Crippen molar-refractivity contribution in [1.29, 1.82) is 0 Å². The van der Waals surface area contributed by atoms with Gasteiger partial charge in [0.25, 0.3) is 11.8 Å². The van der Waals surface area contributed by atoms with E-state index in [2.05, 4.69) is 54.3 Å². The van der Waals surface area contributed by atoms with Gasteiger partial charge in [0, 0.05) is 17.6 Å². The van der Waals surface area contributed by atoms with Crippen LogP contribution in [-0.4, -0.2) is 24.9 Å². The zero-order valence-corrected chi connectivity index (χ0v) is 17.2. The Balaban J connectivity index is 2.89. The molecule has 0 atom stereocenters. The van der Waals surface area contributed by atoms with Gasteiger partial charge in [-0.1, -0.05) is 55.8 Å². The van der Waals surface area contributed by atoms with Crippen molar-refractivity contribution in [2.24, 2.45) is 11.8 Å². The van der Waals surface area contributed by atoms with E-state index in [9.17, 15) is 9.59 Å². The van der Waals surface area contributed by atoms with E-state index in [1.807, 2.05) is 24.3 Å². The second kappa shape index (κ2) is 11.1. The smallest absolute Gasteiger partial charge is 0.256 e. The lowest BCUT2D eigenvalue weighted by Crippen LogP contribution is -2.36. The summed E-state index contributed by atoms with van der Waals surface area (Å²) in [6, 6.07) is 7.53. The van der Waals surface area contributed by atoms with Gasteiger partial charge in [-0.15, -0.1) is 0 Å². The van der Waals surface area contributed by atoms with Gasteiger partial charge in [0.1, 0.15) is 5.57 Å². The first-order chi connectivity index (χ1) is 11.8. The average molecular weight is 409 g/mol. The quantitative estimate of drug-likeness (QED) is 0.366. The Hall–Kier alpha value is -1.62. The Morgan fingerprint density at radius 3 is 1.96 bits per heavy atom. The molecule has 0 bridgehead atoms. The molecule has 0 aromatic heterocycles. The molecular weight excluding hydrogens is 380 g/mol. The molecule has 0 radical (unpaired) electrons. The highest BCUT2D eigenvalue weighted by Crippen LogP contribution is 2.15. The molecule has 1 aromatic carbocycles. The van der Waals surface area contributed by atoms with E-state index in [-0.39, 0.29) is 17.4 Å². The maximum absolute atomic E-state index is 12.5. The number of amides is 2. The molecule has 0 saturated heterocycles. The summed E-state index contributed by atoms with van der Waals surface area (Å²) in [7, 11) is 0. The molecule has 1 rings (SSSR count). The Bertz CT molecular complexity index is 581. The van der Waals surface area contributed by atoms with Crippen LogP contribution >= 0.6 is 15.9 Å². The van der Waals surface area contributed by atoms with Crippen molar-refractivity contribution in [2.75, 3.05) is 13.1 Å². The summed E-state index contributed by atoms with van der Waals surface area (Å²) in [4.78, 5) is 25.0. The number of hydrogen-bond donors (Lipinski definition) is 2. The number of carbonyl (C=O) groups excluding carboxylic acids is 2. The Kier molecular flexibility index (Phi) is 9.50. The van der Waals surface area contributed by atoms with Crippen molar-refractivity contribution < 1.29 is 9.59 Å². The predicted octanol–water partition coefficient (Wildman–Crippen LogP) is 4.16. The van der Waals surface area contributed by atoms with Crippen molar-refractivity contribution in [3.05, 3.63) is 39.9 Å². The summed E-state index contributed by atoms with van der Waals surface area (Å²) in [5.41, 5.74) is 0.952. The van der Waals surface area contributed by atoms with Gasteiger partial charge in [0.2, 0.25) is 0 Å². The van der Waals surface area contributed by atoms with Crippen LogP contribution < -0.4 is 10.6 Å². The lowest BCUT2D eigenvalue weighted by Gasteiger charge is -2.12. The number of carbonyl (C=O) groups is 2. The molecule has 2 N–H and O–H groups in total. The second-order valence-electron chi connectivity index (χ2n) is 6.99. The van der Waals surface area contributed by atoms with Gasteiger partial charge in [0.15, 0.2) is 0 Å². The number of benzene rings is 1. The van der Waals surface area contributed by atoms with Crippen LogP contribution in [0.4, 0.5) is 0 Å². The van der Waals surface area contributed by atoms with Crippen LogP contribution in [0, 0.1) is 11.8 Å². The summed E-state index contributed by atoms with van der Waals surface area (Å²) in [6.45, 7) is 9.52. The monoisotopic (exact) mass is 408 g/mol. The maximum Gasteiger partial charge on any atom is 0.256 e. The standard InChI is InChI=1S/C20H29BrN2O2/c1-14(2)8-10-22-19(24)18(20(25)23-11-9-15(3)4)13-16-6-5-7-17(21)12-16/h5-7,12-15H,8-11H2,1-4H3,(H,22,24)(H,23,25). The average Bonchev–Trinajstić information content (AvgIpc) is 2.51. The number of hydrogen-bond acceptors (Lipinski definition) is 2. The molecule has 5 heteroatoms. The van der Waals surface area contributed by atoms with E-state index in [4.69, 9.17) is 0 Å². The maximum atomic E-state index is 12.5. The van der Waals surface area contributed by atoms with Crippen LogP contribution in [0.15, 0.2) is 34.3 Å². The third-order valence-electron chi connectivity index (χ3n) is 3.66. The van der Waals surface area contributed by atoms with E-state index in [0.29, 0.717) is 24.9 Å². The van der Waals surface area contributed by atoms with Crippen LogP contribution in [0.1, 0.15) is 46.1 Å². The Morgan fingerprint density at radius 1 is 1.00 bits per heavy atom. The van der Waals surface area contributed by atoms with E-state index in [1.165, 1.54) is 0 Å². The minimum Gasteiger partial charge on any atom is -0.352 e.